The van der Waals surface area contributed by atoms with Gasteiger partial charge in [0.1, 0.15) is 6.10 Å². The van der Waals surface area contributed by atoms with Gasteiger partial charge in [-0.2, -0.15) is 0 Å². The summed E-state index contributed by atoms with van der Waals surface area (Å²) in [5.41, 5.74) is 2.87. The fraction of sp³-hybridized carbons (Fsp3) is 0.567. The highest BCUT2D eigenvalue weighted by molar-refractivity contribution is 5.87. The number of ether oxygens (including phenoxy) is 1. The van der Waals surface area contributed by atoms with Gasteiger partial charge in [0.25, 0.3) is 0 Å². The summed E-state index contributed by atoms with van der Waals surface area (Å²) in [5, 5.41) is 0. The second kappa shape index (κ2) is 16.2. The number of hydrogen-bond acceptors (Lipinski definition) is 4. The summed E-state index contributed by atoms with van der Waals surface area (Å²) in [6.45, 7) is 11.6. The van der Waals surface area contributed by atoms with Gasteiger partial charge >= 0.3 is 5.97 Å². The third-order valence-corrected chi connectivity index (χ3v) is 6.30. The van der Waals surface area contributed by atoms with Gasteiger partial charge in [0.15, 0.2) is 0 Å². The molecule has 1 atom stereocenters. The highest BCUT2D eigenvalue weighted by atomic mass is 16.5. The van der Waals surface area contributed by atoms with Crippen molar-refractivity contribution in [3.8, 4) is 0 Å². The largest absolute Gasteiger partial charge is 0.457 e. The Morgan fingerprint density at radius 2 is 1.29 bits per heavy atom. The fourth-order valence-corrected chi connectivity index (χ4v) is 4.12. The molecule has 34 heavy (non-hydrogen) atoms. The Kier molecular flexibility index (Phi) is 13.2. The first-order valence-electron chi connectivity index (χ1n) is 13.4. The quantitative estimate of drug-likeness (QED) is 0.132. The van der Waals surface area contributed by atoms with Crippen LogP contribution in [0.1, 0.15) is 91.4 Å². The van der Waals surface area contributed by atoms with Crippen molar-refractivity contribution in [3.63, 3.8) is 0 Å². The molecule has 4 nitrogen and oxygen atoms in total. The van der Waals surface area contributed by atoms with Gasteiger partial charge in [0.05, 0.1) is 6.54 Å². The number of unbranched alkanes of at least 4 members (excludes halogenated alkanes) is 8. The van der Waals surface area contributed by atoms with E-state index < -0.39 is 0 Å². The van der Waals surface area contributed by atoms with Crippen molar-refractivity contribution in [2.45, 2.75) is 97.5 Å². The number of esters is 1. The smallest absolute Gasteiger partial charge is 0.333 e. The minimum atomic E-state index is -0.295. The minimum Gasteiger partial charge on any atom is -0.457 e. The molecule has 1 unspecified atom stereocenters. The van der Waals surface area contributed by atoms with E-state index in [0.29, 0.717) is 12.1 Å². The molecule has 188 valence electrons. The first-order valence-corrected chi connectivity index (χ1v) is 13.4. The molecule has 2 aliphatic heterocycles. The summed E-state index contributed by atoms with van der Waals surface area (Å²) >= 11 is 0. The molecular formula is C30H46N2O2. The van der Waals surface area contributed by atoms with E-state index in [9.17, 15) is 4.79 Å². The van der Waals surface area contributed by atoms with E-state index in [4.69, 9.17) is 4.74 Å². The molecule has 4 heteroatoms. The van der Waals surface area contributed by atoms with Crippen LogP contribution in [0.15, 0.2) is 72.4 Å². The Bertz CT molecular complexity index is 756. The average molecular weight is 467 g/mol. The summed E-state index contributed by atoms with van der Waals surface area (Å²) in [5.74, 6) is -0.295. The molecule has 0 spiro atoms. The van der Waals surface area contributed by atoms with Crippen LogP contribution < -0.4 is 0 Å². The summed E-state index contributed by atoms with van der Waals surface area (Å²) in [7, 11) is 0. The predicted octanol–water partition coefficient (Wildman–Crippen LogP) is 7.79. The van der Waals surface area contributed by atoms with Gasteiger partial charge in [0, 0.05) is 36.9 Å². The van der Waals surface area contributed by atoms with Crippen LogP contribution >= 0.6 is 0 Å². The Balaban J connectivity index is 1.83. The predicted molar refractivity (Wildman–Crippen MR) is 144 cm³/mol. The minimum absolute atomic E-state index is 0.130. The number of allylic oxidation sites excluding steroid dienone is 6. The van der Waals surface area contributed by atoms with Crippen LogP contribution in [0.3, 0.4) is 0 Å². The molecule has 0 aromatic rings. The molecule has 0 aliphatic carbocycles. The molecule has 0 N–H and O–H groups in total. The van der Waals surface area contributed by atoms with Crippen LogP contribution in [0, 0.1) is 0 Å². The van der Waals surface area contributed by atoms with E-state index >= 15 is 0 Å². The van der Waals surface area contributed by atoms with Crippen molar-refractivity contribution in [1.82, 2.24) is 9.80 Å². The van der Waals surface area contributed by atoms with E-state index in [1.54, 1.807) is 6.92 Å². The average Bonchev–Trinajstić information content (AvgIpc) is 2.84. The molecule has 2 heterocycles. The normalized spacial score (nSPS) is 15.9. The van der Waals surface area contributed by atoms with Gasteiger partial charge < -0.3 is 14.5 Å². The molecule has 0 saturated heterocycles. The Morgan fingerprint density at radius 1 is 0.794 bits per heavy atom. The second-order valence-electron chi connectivity index (χ2n) is 9.53. The van der Waals surface area contributed by atoms with Crippen molar-refractivity contribution in [2.75, 3.05) is 13.1 Å². The summed E-state index contributed by atoms with van der Waals surface area (Å²) < 4.78 is 5.72. The summed E-state index contributed by atoms with van der Waals surface area (Å²) in [4.78, 5) is 16.5. The van der Waals surface area contributed by atoms with Crippen molar-refractivity contribution in [2.24, 2.45) is 0 Å². The molecule has 0 amide bonds. The van der Waals surface area contributed by atoms with Crippen molar-refractivity contribution in [3.05, 3.63) is 72.4 Å². The third-order valence-electron chi connectivity index (χ3n) is 6.30. The van der Waals surface area contributed by atoms with Crippen LogP contribution in [-0.2, 0) is 9.53 Å². The van der Waals surface area contributed by atoms with Crippen molar-refractivity contribution in [1.29, 1.82) is 0 Å². The Hall–Kier alpha value is -2.49. The lowest BCUT2D eigenvalue weighted by molar-refractivity contribution is -0.145. The van der Waals surface area contributed by atoms with Gasteiger partial charge in [-0.1, -0.05) is 71.8 Å². The van der Waals surface area contributed by atoms with Crippen LogP contribution in [0.4, 0.5) is 0 Å². The highest BCUT2D eigenvalue weighted by Gasteiger charge is 2.18. The maximum absolute atomic E-state index is 12.1. The zero-order chi connectivity index (χ0) is 24.6. The lowest BCUT2D eigenvalue weighted by Crippen LogP contribution is -2.30. The number of carbonyl (C=O) groups excluding carboxylic acids is 1. The van der Waals surface area contributed by atoms with Gasteiger partial charge in [-0.05, 0) is 61.6 Å². The molecule has 0 radical (unpaired) electrons. The second-order valence-corrected chi connectivity index (χ2v) is 9.53. The van der Waals surface area contributed by atoms with E-state index in [1.165, 1.54) is 68.9 Å². The number of carbonyl (C=O) groups is 1. The van der Waals surface area contributed by atoms with Crippen LogP contribution in [0.25, 0.3) is 0 Å². The fourth-order valence-electron chi connectivity index (χ4n) is 4.12. The van der Waals surface area contributed by atoms with Gasteiger partial charge in [-0.25, -0.2) is 4.79 Å². The third kappa shape index (κ3) is 10.6. The SMILES string of the molecule is C=C(C)C(=O)OC(CCCCCC)CN1C=CC(=C2C=CN(CCCCCCCC)C=C2)C=C1. The first kappa shape index (κ1) is 27.8. The van der Waals surface area contributed by atoms with E-state index in [-0.39, 0.29) is 12.1 Å². The molecule has 0 bridgehead atoms. The van der Waals surface area contributed by atoms with Gasteiger partial charge in [-0.3, -0.25) is 0 Å². The van der Waals surface area contributed by atoms with Gasteiger partial charge in [0.2, 0.25) is 0 Å². The number of hydrogen-bond donors (Lipinski definition) is 0. The Labute approximate surface area is 208 Å². The van der Waals surface area contributed by atoms with Crippen molar-refractivity contribution < 1.29 is 9.53 Å². The van der Waals surface area contributed by atoms with Crippen molar-refractivity contribution >= 4 is 5.97 Å². The summed E-state index contributed by atoms with van der Waals surface area (Å²) in [6.07, 6.45) is 30.6. The zero-order valence-electron chi connectivity index (χ0n) is 21.8. The molecular weight excluding hydrogens is 420 g/mol. The van der Waals surface area contributed by atoms with E-state index in [0.717, 1.165) is 19.4 Å². The van der Waals surface area contributed by atoms with Crippen LogP contribution in [-0.4, -0.2) is 35.0 Å². The molecule has 2 aliphatic rings. The molecule has 0 aromatic heterocycles. The maximum Gasteiger partial charge on any atom is 0.333 e. The number of nitrogens with zero attached hydrogens (tertiary/aromatic N) is 2. The van der Waals surface area contributed by atoms with E-state index in [1.807, 2.05) is 0 Å². The molecule has 0 aromatic carbocycles. The van der Waals surface area contributed by atoms with Gasteiger partial charge in [-0.15, -0.1) is 0 Å². The molecule has 0 saturated carbocycles. The van der Waals surface area contributed by atoms with E-state index in [2.05, 4.69) is 79.3 Å². The maximum atomic E-state index is 12.1. The first-order chi connectivity index (χ1) is 16.5. The number of rotatable bonds is 16. The lowest BCUT2D eigenvalue weighted by atomic mass is 10.0. The Morgan fingerprint density at radius 3 is 1.85 bits per heavy atom. The molecule has 0 fully saturated rings. The topological polar surface area (TPSA) is 32.8 Å². The standard InChI is InChI=1S/C30H46N2O2/c1-5-7-9-11-12-14-20-31-21-16-27(17-22-31)28-18-23-32(24-19-28)25-29(15-13-10-8-6-2)34-30(33)26(3)4/h16-19,21-24,29H,3,5-15,20,25H2,1-2,4H3. The van der Waals surface area contributed by atoms with Crippen LogP contribution in [0.2, 0.25) is 0 Å². The van der Waals surface area contributed by atoms with Crippen LogP contribution in [0.5, 0.6) is 0 Å². The molecule has 2 rings (SSSR count). The summed E-state index contributed by atoms with van der Waals surface area (Å²) in [6, 6.07) is 0. The monoisotopic (exact) mass is 466 g/mol. The zero-order valence-corrected chi connectivity index (χ0v) is 21.8. The lowest BCUT2D eigenvalue weighted by Gasteiger charge is -2.26. The highest BCUT2D eigenvalue weighted by Crippen LogP contribution is 2.21.